The van der Waals surface area contributed by atoms with Gasteiger partial charge in [-0.2, -0.15) is 16.8 Å². The minimum Gasteiger partial charge on any atom is -0.469 e. The molecule has 2 N–H and O–H groups in total. The molecule has 0 saturated heterocycles. The van der Waals surface area contributed by atoms with E-state index in [1.165, 1.54) is 13.2 Å². The van der Waals surface area contributed by atoms with Crippen molar-refractivity contribution in [3.8, 4) is 0 Å². The standard InChI is InChI=1S/C32H54O10S2/c1-6-31(43(35,36)37,29(34)26-9-7-8-10-26)41-22-20-25-13-11-24(12-14-25)19-21-32(23(2)33,44(38,39)40)42-28-17-15-27(16-18-28)30(3,4)5/h20,22,24-28H,6-19,21H2,1-5H3,(H,35,36,37)(H,38,39,40)/b22-20-. The molecule has 0 aromatic carbocycles. The van der Waals surface area contributed by atoms with Gasteiger partial charge in [0, 0.05) is 18.8 Å². The summed E-state index contributed by atoms with van der Waals surface area (Å²) in [6.45, 7) is 9.23. The van der Waals surface area contributed by atoms with Crippen LogP contribution in [-0.2, 0) is 39.3 Å². The second kappa shape index (κ2) is 14.6. The molecule has 254 valence electrons. The van der Waals surface area contributed by atoms with Gasteiger partial charge in [0.2, 0.25) is 0 Å². The van der Waals surface area contributed by atoms with Crippen molar-refractivity contribution in [1.29, 1.82) is 0 Å². The maximum Gasteiger partial charge on any atom is 0.313 e. The lowest BCUT2D eigenvalue weighted by Gasteiger charge is -2.40. The van der Waals surface area contributed by atoms with Crippen LogP contribution in [0.25, 0.3) is 0 Å². The Kier molecular flexibility index (Phi) is 12.3. The fraction of sp³-hybridized carbons (Fsp3) is 0.875. The minimum absolute atomic E-state index is 0.0391. The van der Waals surface area contributed by atoms with Crippen LogP contribution < -0.4 is 0 Å². The molecule has 0 radical (unpaired) electrons. The number of allylic oxidation sites excluding steroid dienone is 1. The van der Waals surface area contributed by atoms with Crippen molar-refractivity contribution in [3.05, 3.63) is 12.3 Å². The van der Waals surface area contributed by atoms with Crippen molar-refractivity contribution in [1.82, 2.24) is 0 Å². The minimum atomic E-state index is -4.83. The molecule has 3 rings (SSSR count). The predicted molar refractivity (Wildman–Crippen MR) is 168 cm³/mol. The van der Waals surface area contributed by atoms with E-state index >= 15 is 0 Å². The highest BCUT2D eigenvalue weighted by Crippen LogP contribution is 2.42. The number of Topliss-reactive ketones (excluding diaryl/α,β-unsaturated/α-hetero) is 2. The zero-order chi connectivity index (χ0) is 33.0. The Balaban J connectivity index is 1.60. The van der Waals surface area contributed by atoms with Gasteiger partial charge in [0.25, 0.3) is 9.87 Å². The molecule has 0 heterocycles. The van der Waals surface area contributed by atoms with E-state index in [1.54, 1.807) is 6.08 Å². The smallest absolute Gasteiger partial charge is 0.313 e. The average Bonchev–Trinajstić information content (AvgIpc) is 3.47. The first kappa shape index (κ1) is 37.1. The number of hydrogen-bond donors (Lipinski definition) is 2. The third kappa shape index (κ3) is 8.52. The lowest BCUT2D eigenvalue weighted by molar-refractivity contribution is -0.143. The molecule has 0 amide bonds. The maximum atomic E-state index is 13.1. The molecular weight excluding hydrogens is 608 g/mol. The summed E-state index contributed by atoms with van der Waals surface area (Å²) in [7, 11) is -9.65. The van der Waals surface area contributed by atoms with E-state index < -0.39 is 53.7 Å². The topological polar surface area (TPSA) is 161 Å². The summed E-state index contributed by atoms with van der Waals surface area (Å²) in [6.07, 6.45) is 11.3. The van der Waals surface area contributed by atoms with E-state index in [1.807, 2.05) is 0 Å². The van der Waals surface area contributed by atoms with E-state index in [0.29, 0.717) is 50.9 Å². The molecule has 0 aromatic rings. The number of carbonyl (C=O) groups is 2. The van der Waals surface area contributed by atoms with Gasteiger partial charge in [-0.1, -0.05) is 40.5 Å². The van der Waals surface area contributed by atoms with Crippen LogP contribution in [0.2, 0.25) is 0 Å². The first-order valence-electron chi connectivity index (χ1n) is 16.4. The van der Waals surface area contributed by atoms with E-state index in [4.69, 9.17) is 9.47 Å². The Morgan fingerprint density at radius 2 is 1.36 bits per heavy atom. The molecular formula is C32H54O10S2. The second-order valence-electron chi connectivity index (χ2n) is 14.4. The molecule has 3 aliphatic rings. The van der Waals surface area contributed by atoms with Gasteiger partial charge >= 0.3 is 20.2 Å². The maximum absolute atomic E-state index is 13.1. The van der Waals surface area contributed by atoms with E-state index in [9.17, 15) is 35.5 Å². The lowest BCUT2D eigenvalue weighted by atomic mass is 9.72. The van der Waals surface area contributed by atoms with Gasteiger partial charge in [0.1, 0.15) is 0 Å². The molecule has 2 unspecified atom stereocenters. The summed E-state index contributed by atoms with van der Waals surface area (Å²) in [5.41, 5.74) is 0.133. The Bertz CT molecular complexity index is 1230. The van der Waals surface area contributed by atoms with Gasteiger partial charge in [0.05, 0.1) is 12.4 Å². The van der Waals surface area contributed by atoms with Crippen LogP contribution in [-0.4, -0.2) is 53.5 Å². The fourth-order valence-electron chi connectivity index (χ4n) is 7.51. The SMILES string of the molecule is CCC(O/C=C\C1CCC(CCC(OC2CCC(C(C)(C)C)CC2)(C(C)=O)S(=O)(=O)O)CC1)(C(=O)C1CCCC1)S(=O)(=O)O. The molecule has 3 fully saturated rings. The molecule has 2 atom stereocenters. The van der Waals surface area contributed by atoms with Crippen LogP contribution in [0.5, 0.6) is 0 Å². The summed E-state index contributed by atoms with van der Waals surface area (Å²) in [6, 6.07) is 0. The first-order chi connectivity index (χ1) is 20.4. The molecule has 3 aliphatic carbocycles. The molecule has 0 aliphatic heterocycles. The van der Waals surface area contributed by atoms with Crippen LogP contribution in [0.15, 0.2) is 12.3 Å². The van der Waals surface area contributed by atoms with Gasteiger partial charge in [-0.15, -0.1) is 0 Å². The Morgan fingerprint density at radius 1 is 0.818 bits per heavy atom. The van der Waals surface area contributed by atoms with Crippen molar-refractivity contribution in [2.75, 3.05) is 0 Å². The molecule has 0 aromatic heterocycles. The summed E-state index contributed by atoms with van der Waals surface area (Å²) >= 11 is 0. The first-order valence-corrected chi connectivity index (χ1v) is 19.3. The summed E-state index contributed by atoms with van der Waals surface area (Å²) < 4.78 is 81.8. The Morgan fingerprint density at radius 3 is 1.82 bits per heavy atom. The third-order valence-corrected chi connectivity index (χ3v) is 13.4. The van der Waals surface area contributed by atoms with Crippen molar-refractivity contribution < 1.29 is 45.0 Å². The summed E-state index contributed by atoms with van der Waals surface area (Å²) in [5.74, 6) is -1.13. The molecule has 12 heteroatoms. The highest BCUT2D eigenvalue weighted by atomic mass is 32.2. The van der Waals surface area contributed by atoms with Crippen LogP contribution in [0, 0.1) is 29.1 Å². The quantitative estimate of drug-likeness (QED) is 0.152. The van der Waals surface area contributed by atoms with E-state index in [-0.39, 0.29) is 30.1 Å². The average molecular weight is 663 g/mol. The number of rotatable bonds is 14. The van der Waals surface area contributed by atoms with Crippen LogP contribution in [0.4, 0.5) is 0 Å². The number of ether oxygens (including phenoxy) is 2. The van der Waals surface area contributed by atoms with E-state index in [2.05, 4.69) is 20.8 Å². The van der Waals surface area contributed by atoms with Crippen molar-refractivity contribution in [3.63, 3.8) is 0 Å². The van der Waals surface area contributed by atoms with Gasteiger partial charge in [-0.3, -0.25) is 18.7 Å². The Labute approximate surface area is 264 Å². The molecule has 10 nitrogen and oxygen atoms in total. The molecule has 3 saturated carbocycles. The molecule has 44 heavy (non-hydrogen) atoms. The number of carbonyl (C=O) groups excluding carboxylic acids is 2. The van der Waals surface area contributed by atoms with Crippen molar-refractivity contribution in [2.24, 2.45) is 29.1 Å². The monoisotopic (exact) mass is 662 g/mol. The number of hydrogen-bond acceptors (Lipinski definition) is 8. The summed E-state index contributed by atoms with van der Waals surface area (Å²) in [4.78, 5) is 21.3. The predicted octanol–water partition coefficient (Wildman–Crippen LogP) is 6.65. The molecule has 0 bridgehead atoms. The number of ketones is 2. The van der Waals surface area contributed by atoms with Crippen LogP contribution >= 0.6 is 0 Å². The molecule has 0 spiro atoms. The highest BCUT2D eigenvalue weighted by molar-refractivity contribution is 7.88. The van der Waals surface area contributed by atoms with Crippen molar-refractivity contribution in [2.45, 2.75) is 147 Å². The van der Waals surface area contributed by atoms with Gasteiger partial charge in [-0.05, 0) is 107 Å². The van der Waals surface area contributed by atoms with Gasteiger partial charge < -0.3 is 9.47 Å². The van der Waals surface area contributed by atoms with Crippen molar-refractivity contribution >= 4 is 31.8 Å². The normalized spacial score (nSPS) is 28.8. The zero-order valence-corrected chi connectivity index (χ0v) is 28.8. The van der Waals surface area contributed by atoms with E-state index in [0.717, 1.165) is 45.4 Å². The lowest BCUT2D eigenvalue weighted by Crippen LogP contribution is -2.51. The van der Waals surface area contributed by atoms with Gasteiger partial charge in [-0.25, -0.2) is 0 Å². The summed E-state index contributed by atoms with van der Waals surface area (Å²) in [5, 5.41) is 0. The second-order valence-corrected chi connectivity index (χ2v) is 17.7. The fourth-order valence-corrected chi connectivity index (χ4v) is 9.47. The largest absolute Gasteiger partial charge is 0.469 e. The zero-order valence-electron chi connectivity index (χ0n) is 27.1. The van der Waals surface area contributed by atoms with Gasteiger partial charge in [0.15, 0.2) is 11.6 Å². The third-order valence-electron chi connectivity index (χ3n) is 10.6. The van der Waals surface area contributed by atoms with Crippen LogP contribution in [0.1, 0.15) is 131 Å². The van der Waals surface area contributed by atoms with Crippen LogP contribution in [0.3, 0.4) is 0 Å². The highest BCUT2D eigenvalue weighted by Gasteiger charge is 2.53. The Hall–Kier alpha value is -1.34.